The summed E-state index contributed by atoms with van der Waals surface area (Å²) in [6.45, 7) is 0. The third-order valence-electron chi connectivity index (χ3n) is 3.28. The van der Waals surface area contributed by atoms with Crippen molar-refractivity contribution in [1.82, 2.24) is 4.90 Å². The van der Waals surface area contributed by atoms with Crippen LogP contribution >= 0.6 is 43.2 Å². The molecule has 0 aromatic carbocycles. The smallest absolute Gasteiger partial charge is 0.265 e. The Kier molecular flexibility index (Phi) is 4.66. The Bertz CT molecular complexity index is 407. The van der Waals surface area contributed by atoms with E-state index in [-0.39, 0.29) is 5.91 Å². The van der Waals surface area contributed by atoms with E-state index in [0.29, 0.717) is 10.9 Å². The van der Waals surface area contributed by atoms with Crippen LogP contribution in [0.5, 0.6) is 0 Å². The zero-order chi connectivity index (χ0) is 12.4. The first kappa shape index (κ1) is 13.6. The average Bonchev–Trinajstić information content (AvgIpc) is 2.74. The van der Waals surface area contributed by atoms with Crippen LogP contribution in [0.4, 0.5) is 0 Å². The third-order valence-corrected chi connectivity index (χ3v) is 6.17. The highest BCUT2D eigenvalue weighted by Gasteiger charge is 2.30. The van der Waals surface area contributed by atoms with E-state index < -0.39 is 0 Å². The molecule has 1 aliphatic rings. The molecule has 5 heteroatoms. The van der Waals surface area contributed by atoms with Gasteiger partial charge in [-0.05, 0) is 40.2 Å². The van der Waals surface area contributed by atoms with E-state index in [1.165, 1.54) is 24.2 Å². The van der Waals surface area contributed by atoms with Crippen molar-refractivity contribution >= 4 is 49.1 Å². The maximum Gasteiger partial charge on any atom is 0.265 e. The van der Waals surface area contributed by atoms with Crippen molar-refractivity contribution in [1.29, 1.82) is 0 Å². The molecule has 0 radical (unpaired) electrons. The molecule has 1 heterocycles. The highest BCUT2D eigenvalue weighted by molar-refractivity contribution is 9.10. The van der Waals surface area contributed by atoms with Crippen molar-refractivity contribution in [2.45, 2.75) is 36.6 Å². The normalized spacial score (nSPS) is 24.6. The second-order valence-corrected chi connectivity index (χ2v) is 7.33. The number of hydrogen-bond acceptors (Lipinski definition) is 2. The first-order chi connectivity index (χ1) is 8.11. The second-order valence-electron chi connectivity index (χ2n) is 4.38. The standard InChI is InChI=1S/C12H15Br2NOS/c1-15(10-5-3-2-4-8(10)13)12(16)11-9(14)6-7-17-11/h6-8,10H,2-5H2,1H3. The molecule has 2 unspecified atom stereocenters. The van der Waals surface area contributed by atoms with Gasteiger partial charge < -0.3 is 4.90 Å². The summed E-state index contributed by atoms with van der Waals surface area (Å²) in [5, 5.41) is 1.94. The van der Waals surface area contributed by atoms with Crippen LogP contribution in [0.3, 0.4) is 0 Å². The predicted molar refractivity (Wildman–Crippen MR) is 79.1 cm³/mol. The van der Waals surface area contributed by atoms with E-state index in [9.17, 15) is 4.79 Å². The third kappa shape index (κ3) is 2.93. The fourth-order valence-corrected chi connectivity index (χ4v) is 4.72. The molecule has 0 saturated heterocycles. The maximum absolute atomic E-state index is 12.4. The van der Waals surface area contributed by atoms with Crippen molar-refractivity contribution < 1.29 is 4.79 Å². The minimum atomic E-state index is 0.128. The summed E-state index contributed by atoms with van der Waals surface area (Å²) in [4.78, 5) is 15.5. The van der Waals surface area contributed by atoms with Gasteiger partial charge in [-0.25, -0.2) is 0 Å². The van der Waals surface area contributed by atoms with Crippen LogP contribution in [0.15, 0.2) is 15.9 Å². The van der Waals surface area contributed by atoms with E-state index in [1.54, 1.807) is 0 Å². The molecule has 0 aliphatic heterocycles. The van der Waals surface area contributed by atoms with E-state index in [0.717, 1.165) is 22.2 Å². The number of alkyl halides is 1. The van der Waals surface area contributed by atoms with Gasteiger partial charge in [-0.1, -0.05) is 28.8 Å². The molecule has 1 aromatic rings. The van der Waals surface area contributed by atoms with Gasteiger partial charge in [-0.2, -0.15) is 0 Å². The van der Waals surface area contributed by atoms with E-state index in [4.69, 9.17) is 0 Å². The number of thiophene rings is 1. The van der Waals surface area contributed by atoms with Crippen molar-refractivity contribution in [3.05, 3.63) is 20.8 Å². The molecule has 0 N–H and O–H groups in total. The van der Waals surface area contributed by atoms with Crippen LogP contribution in [0.25, 0.3) is 0 Å². The monoisotopic (exact) mass is 379 g/mol. The zero-order valence-corrected chi connectivity index (χ0v) is 13.6. The van der Waals surface area contributed by atoms with Gasteiger partial charge in [-0.15, -0.1) is 11.3 Å². The molecule has 0 spiro atoms. The van der Waals surface area contributed by atoms with Crippen LogP contribution in [-0.2, 0) is 0 Å². The van der Waals surface area contributed by atoms with Gasteiger partial charge in [-0.3, -0.25) is 4.79 Å². The molecule has 1 saturated carbocycles. The quantitative estimate of drug-likeness (QED) is 0.701. The molecule has 2 nitrogen and oxygen atoms in total. The Balaban J connectivity index is 2.11. The van der Waals surface area contributed by atoms with Crippen molar-refractivity contribution in [2.75, 3.05) is 7.05 Å². The first-order valence-electron chi connectivity index (χ1n) is 5.75. The molecule has 2 rings (SSSR count). The van der Waals surface area contributed by atoms with Gasteiger partial charge in [0.25, 0.3) is 5.91 Å². The SMILES string of the molecule is CN(C(=O)c1sccc1Br)C1CCCCC1Br. The van der Waals surface area contributed by atoms with Crippen LogP contribution in [0.2, 0.25) is 0 Å². The lowest BCUT2D eigenvalue weighted by Crippen LogP contribution is -2.43. The first-order valence-corrected chi connectivity index (χ1v) is 8.34. The number of nitrogens with zero attached hydrogens (tertiary/aromatic N) is 1. The van der Waals surface area contributed by atoms with Crippen LogP contribution in [0, 0.1) is 0 Å². The molecule has 1 aliphatic carbocycles. The highest BCUT2D eigenvalue weighted by Crippen LogP contribution is 2.30. The molecule has 0 bridgehead atoms. The van der Waals surface area contributed by atoms with Gasteiger partial charge >= 0.3 is 0 Å². The molecule has 94 valence electrons. The molecule has 1 aromatic heterocycles. The Morgan fingerprint density at radius 3 is 2.76 bits per heavy atom. The molecule has 17 heavy (non-hydrogen) atoms. The lowest BCUT2D eigenvalue weighted by Gasteiger charge is -2.35. The van der Waals surface area contributed by atoms with Crippen LogP contribution < -0.4 is 0 Å². The summed E-state index contributed by atoms with van der Waals surface area (Å²) in [6.07, 6.45) is 4.74. The number of halogens is 2. The van der Waals surface area contributed by atoms with Gasteiger partial charge in [0.05, 0.1) is 0 Å². The highest BCUT2D eigenvalue weighted by atomic mass is 79.9. The van der Waals surface area contributed by atoms with Gasteiger partial charge in [0.1, 0.15) is 4.88 Å². The number of carbonyl (C=O) groups excluding carboxylic acids is 1. The fourth-order valence-electron chi connectivity index (χ4n) is 2.26. The van der Waals surface area contributed by atoms with E-state index >= 15 is 0 Å². The van der Waals surface area contributed by atoms with E-state index in [2.05, 4.69) is 31.9 Å². The lowest BCUT2D eigenvalue weighted by molar-refractivity contribution is 0.0709. The van der Waals surface area contributed by atoms with E-state index in [1.807, 2.05) is 23.4 Å². The summed E-state index contributed by atoms with van der Waals surface area (Å²) < 4.78 is 0.904. The minimum Gasteiger partial charge on any atom is -0.337 e. The van der Waals surface area contributed by atoms with Gasteiger partial charge in [0, 0.05) is 22.4 Å². The average molecular weight is 381 g/mol. The Morgan fingerprint density at radius 1 is 1.47 bits per heavy atom. The summed E-state index contributed by atoms with van der Waals surface area (Å²) in [5.74, 6) is 0.128. The van der Waals surface area contributed by atoms with Crippen molar-refractivity contribution in [3.63, 3.8) is 0 Å². The predicted octanol–water partition coefficient (Wildman–Crippen LogP) is 4.29. The number of amides is 1. The zero-order valence-electron chi connectivity index (χ0n) is 9.66. The Labute approximate surface area is 123 Å². The molecule has 1 amide bonds. The topological polar surface area (TPSA) is 20.3 Å². The summed E-state index contributed by atoms with van der Waals surface area (Å²) in [5.41, 5.74) is 0. The summed E-state index contributed by atoms with van der Waals surface area (Å²) in [6, 6.07) is 2.25. The molecular formula is C12H15Br2NOS. The van der Waals surface area contributed by atoms with Crippen LogP contribution in [0.1, 0.15) is 35.4 Å². The number of carbonyl (C=O) groups is 1. The summed E-state index contributed by atoms with van der Waals surface area (Å²) >= 11 is 8.63. The van der Waals surface area contributed by atoms with Crippen LogP contribution in [-0.4, -0.2) is 28.7 Å². The largest absolute Gasteiger partial charge is 0.337 e. The molecular weight excluding hydrogens is 366 g/mol. The minimum absolute atomic E-state index is 0.128. The van der Waals surface area contributed by atoms with Gasteiger partial charge in [0.2, 0.25) is 0 Å². The Hall–Kier alpha value is 0.130. The van der Waals surface area contributed by atoms with Crippen molar-refractivity contribution in [2.24, 2.45) is 0 Å². The second kappa shape index (κ2) is 5.85. The molecule has 2 atom stereocenters. The Morgan fingerprint density at radius 2 is 2.18 bits per heavy atom. The fraction of sp³-hybridized carbons (Fsp3) is 0.583. The number of rotatable bonds is 2. The lowest BCUT2D eigenvalue weighted by atomic mass is 9.94. The molecule has 1 fully saturated rings. The summed E-state index contributed by atoms with van der Waals surface area (Å²) in [7, 11) is 1.92. The maximum atomic E-state index is 12.4. The number of hydrogen-bond donors (Lipinski definition) is 0. The van der Waals surface area contributed by atoms with Gasteiger partial charge in [0.15, 0.2) is 0 Å². The van der Waals surface area contributed by atoms with Crippen molar-refractivity contribution in [3.8, 4) is 0 Å².